The molecular formula is C23H26ClNO2. The van der Waals surface area contributed by atoms with Gasteiger partial charge in [0.15, 0.2) is 0 Å². The van der Waals surface area contributed by atoms with Crippen molar-refractivity contribution in [2.24, 2.45) is 17.1 Å². The van der Waals surface area contributed by atoms with Crippen LogP contribution < -0.4 is 10.5 Å². The van der Waals surface area contributed by atoms with Gasteiger partial charge < -0.3 is 10.5 Å². The topological polar surface area (TPSA) is 52.3 Å². The fraction of sp³-hybridized carbons (Fsp3) is 0.435. The minimum atomic E-state index is -0.363. The van der Waals surface area contributed by atoms with E-state index in [-0.39, 0.29) is 5.91 Å². The molecule has 142 valence electrons. The third-order valence-electron chi connectivity index (χ3n) is 6.71. The minimum Gasteiger partial charge on any atom is -0.496 e. The van der Waals surface area contributed by atoms with Gasteiger partial charge in [-0.3, -0.25) is 4.79 Å². The van der Waals surface area contributed by atoms with Crippen LogP contribution in [0.4, 0.5) is 0 Å². The Morgan fingerprint density at radius 1 is 1.19 bits per heavy atom. The SMILES string of the molecule is COc1ccc(Cl)cc1CC[C@H]1[C@H](c2ccc(C(N)=O)cc2)C12CCCC2. The van der Waals surface area contributed by atoms with Crippen molar-refractivity contribution in [1.29, 1.82) is 0 Å². The van der Waals surface area contributed by atoms with Crippen LogP contribution in [0.5, 0.6) is 5.75 Å². The largest absolute Gasteiger partial charge is 0.496 e. The van der Waals surface area contributed by atoms with Gasteiger partial charge in [-0.15, -0.1) is 0 Å². The molecule has 4 rings (SSSR count). The van der Waals surface area contributed by atoms with E-state index in [4.69, 9.17) is 22.1 Å². The van der Waals surface area contributed by atoms with Crippen LogP contribution in [0.3, 0.4) is 0 Å². The molecule has 27 heavy (non-hydrogen) atoms. The van der Waals surface area contributed by atoms with E-state index in [0.29, 0.717) is 22.8 Å². The Hall–Kier alpha value is -2.00. The summed E-state index contributed by atoms with van der Waals surface area (Å²) in [7, 11) is 1.71. The maximum absolute atomic E-state index is 11.4. The lowest BCUT2D eigenvalue weighted by Gasteiger charge is -2.11. The second-order valence-electron chi connectivity index (χ2n) is 8.01. The number of carbonyl (C=O) groups is 1. The summed E-state index contributed by atoms with van der Waals surface area (Å²) in [5.41, 5.74) is 8.96. The summed E-state index contributed by atoms with van der Waals surface area (Å²) in [4.78, 5) is 11.4. The molecule has 2 aromatic rings. The van der Waals surface area contributed by atoms with E-state index in [1.807, 2.05) is 30.3 Å². The average Bonchev–Trinajstić information content (AvgIpc) is 3.00. The van der Waals surface area contributed by atoms with Crippen LogP contribution in [-0.2, 0) is 6.42 Å². The number of methoxy groups -OCH3 is 1. The van der Waals surface area contributed by atoms with Crippen molar-refractivity contribution in [3.63, 3.8) is 0 Å². The lowest BCUT2D eigenvalue weighted by atomic mass is 9.95. The number of aryl methyl sites for hydroxylation is 1. The van der Waals surface area contributed by atoms with Gasteiger partial charge in [-0.05, 0) is 84.4 Å². The smallest absolute Gasteiger partial charge is 0.248 e. The Morgan fingerprint density at radius 2 is 1.89 bits per heavy atom. The Bertz CT molecular complexity index is 840. The molecule has 0 aliphatic heterocycles. The number of benzene rings is 2. The van der Waals surface area contributed by atoms with Gasteiger partial charge in [0, 0.05) is 10.6 Å². The molecule has 0 aromatic heterocycles. The van der Waals surface area contributed by atoms with Gasteiger partial charge >= 0.3 is 0 Å². The van der Waals surface area contributed by atoms with Crippen molar-refractivity contribution < 1.29 is 9.53 Å². The van der Waals surface area contributed by atoms with Crippen molar-refractivity contribution in [1.82, 2.24) is 0 Å². The van der Waals surface area contributed by atoms with Gasteiger partial charge in [-0.25, -0.2) is 0 Å². The van der Waals surface area contributed by atoms with Gasteiger partial charge in [0.1, 0.15) is 5.75 Å². The van der Waals surface area contributed by atoms with Crippen molar-refractivity contribution >= 4 is 17.5 Å². The predicted molar refractivity (Wildman–Crippen MR) is 108 cm³/mol. The molecule has 0 heterocycles. The lowest BCUT2D eigenvalue weighted by molar-refractivity contribution is 0.100. The van der Waals surface area contributed by atoms with Crippen molar-refractivity contribution in [3.05, 3.63) is 64.2 Å². The second-order valence-corrected chi connectivity index (χ2v) is 8.44. The summed E-state index contributed by atoms with van der Waals surface area (Å²) < 4.78 is 5.51. The van der Waals surface area contributed by atoms with E-state index in [9.17, 15) is 4.79 Å². The number of nitrogens with two attached hydrogens (primary N) is 1. The van der Waals surface area contributed by atoms with Crippen molar-refractivity contribution in [3.8, 4) is 5.75 Å². The number of halogens is 1. The van der Waals surface area contributed by atoms with Gasteiger partial charge in [0.2, 0.25) is 5.91 Å². The van der Waals surface area contributed by atoms with Crippen LogP contribution in [0.15, 0.2) is 42.5 Å². The first-order valence-electron chi connectivity index (χ1n) is 9.77. The van der Waals surface area contributed by atoms with Crippen LogP contribution >= 0.6 is 11.6 Å². The molecule has 2 saturated carbocycles. The lowest BCUT2D eigenvalue weighted by Crippen LogP contribution is -2.10. The molecule has 2 fully saturated rings. The molecule has 0 bridgehead atoms. The number of amides is 1. The van der Waals surface area contributed by atoms with Crippen LogP contribution in [-0.4, -0.2) is 13.0 Å². The Balaban J connectivity index is 1.53. The van der Waals surface area contributed by atoms with Gasteiger partial charge in [-0.2, -0.15) is 0 Å². The van der Waals surface area contributed by atoms with E-state index in [0.717, 1.165) is 23.6 Å². The third kappa shape index (κ3) is 3.34. The molecule has 2 aliphatic carbocycles. The number of hydrogen-bond donors (Lipinski definition) is 1. The number of primary amides is 1. The van der Waals surface area contributed by atoms with E-state index in [1.165, 1.54) is 36.8 Å². The average molecular weight is 384 g/mol. The molecule has 0 saturated heterocycles. The minimum absolute atomic E-state index is 0.363. The monoisotopic (exact) mass is 383 g/mol. The van der Waals surface area contributed by atoms with E-state index < -0.39 is 0 Å². The summed E-state index contributed by atoms with van der Waals surface area (Å²) in [6.45, 7) is 0. The molecular weight excluding hydrogens is 358 g/mol. The predicted octanol–water partition coefficient (Wildman–Crippen LogP) is 5.35. The fourth-order valence-corrected chi connectivity index (χ4v) is 5.61. The second kappa shape index (κ2) is 7.20. The zero-order chi connectivity index (χ0) is 19.0. The quantitative estimate of drug-likeness (QED) is 0.730. The highest BCUT2D eigenvalue weighted by Gasteiger charge is 2.64. The highest BCUT2D eigenvalue weighted by Crippen LogP contribution is 2.73. The molecule has 2 N–H and O–H groups in total. The first-order chi connectivity index (χ1) is 13.0. The summed E-state index contributed by atoms with van der Waals surface area (Å²) in [5, 5.41) is 0.760. The first-order valence-corrected chi connectivity index (χ1v) is 10.1. The normalized spacial score (nSPS) is 22.7. The molecule has 0 unspecified atom stereocenters. The summed E-state index contributed by atoms with van der Waals surface area (Å²) >= 11 is 6.20. The van der Waals surface area contributed by atoms with Crippen LogP contribution in [0.2, 0.25) is 5.02 Å². The number of hydrogen-bond acceptors (Lipinski definition) is 2. The van der Waals surface area contributed by atoms with Crippen LogP contribution in [0, 0.1) is 11.3 Å². The highest BCUT2D eigenvalue weighted by atomic mass is 35.5. The molecule has 0 radical (unpaired) electrons. The Morgan fingerprint density at radius 3 is 2.52 bits per heavy atom. The summed E-state index contributed by atoms with van der Waals surface area (Å²) in [6, 6.07) is 13.8. The number of carbonyl (C=O) groups excluding carboxylic acids is 1. The zero-order valence-electron chi connectivity index (χ0n) is 15.7. The molecule has 1 spiro atoms. The molecule has 3 nitrogen and oxygen atoms in total. The van der Waals surface area contributed by atoms with E-state index in [1.54, 1.807) is 7.11 Å². The van der Waals surface area contributed by atoms with Gasteiger partial charge in [-0.1, -0.05) is 36.6 Å². The third-order valence-corrected chi connectivity index (χ3v) is 6.94. The molecule has 1 amide bonds. The maximum atomic E-state index is 11.4. The Kier molecular flexibility index (Phi) is 4.90. The van der Waals surface area contributed by atoms with E-state index in [2.05, 4.69) is 12.1 Å². The van der Waals surface area contributed by atoms with Crippen molar-refractivity contribution in [2.45, 2.75) is 44.4 Å². The number of ether oxygens (including phenoxy) is 1. The number of rotatable bonds is 6. The molecule has 4 heteroatoms. The highest BCUT2D eigenvalue weighted by molar-refractivity contribution is 6.30. The fourth-order valence-electron chi connectivity index (χ4n) is 5.42. The Labute approximate surface area is 165 Å². The zero-order valence-corrected chi connectivity index (χ0v) is 16.5. The standard InChI is InChI=1S/C23H26ClNO2/c1-27-20-11-9-18(24)14-17(20)8-10-19-21(23(19)12-2-3-13-23)15-4-6-16(7-5-15)22(25)26/h4-7,9,11,14,19,21H,2-3,8,10,12-13H2,1H3,(H2,25,26)/t19-,21-/m0/s1. The maximum Gasteiger partial charge on any atom is 0.248 e. The first kappa shape index (κ1) is 18.4. The molecule has 2 atom stereocenters. The van der Waals surface area contributed by atoms with Crippen molar-refractivity contribution in [2.75, 3.05) is 7.11 Å². The summed E-state index contributed by atoms with van der Waals surface area (Å²) in [6.07, 6.45) is 7.39. The van der Waals surface area contributed by atoms with Gasteiger partial charge in [0.25, 0.3) is 0 Å². The van der Waals surface area contributed by atoms with Crippen LogP contribution in [0.1, 0.15) is 59.5 Å². The van der Waals surface area contributed by atoms with Gasteiger partial charge in [0.05, 0.1) is 7.11 Å². The van der Waals surface area contributed by atoms with Crippen LogP contribution in [0.25, 0.3) is 0 Å². The summed E-state index contributed by atoms with van der Waals surface area (Å²) in [5.74, 6) is 1.83. The molecule has 2 aliphatic rings. The van der Waals surface area contributed by atoms with E-state index >= 15 is 0 Å². The molecule has 2 aromatic carbocycles.